The molecule has 0 amide bonds. The van der Waals surface area contributed by atoms with E-state index in [1.165, 1.54) is 11.1 Å². The third kappa shape index (κ3) is 3.57. The minimum Gasteiger partial charge on any atom is -0.389 e. The third-order valence-corrected chi connectivity index (χ3v) is 8.56. The number of pyridine rings is 1. The number of aliphatic hydroxyl groups is 2. The van der Waals surface area contributed by atoms with E-state index < -0.39 is 12.2 Å². The van der Waals surface area contributed by atoms with E-state index in [9.17, 15) is 10.2 Å². The van der Waals surface area contributed by atoms with Crippen LogP contribution in [-0.4, -0.2) is 53.2 Å². The molecule has 170 valence electrons. The Labute approximate surface area is 196 Å². The Balaban J connectivity index is 1.19. The number of rotatable bonds is 4. The number of anilines is 1. The number of hydrogen-bond donors (Lipinski definition) is 3. The first-order chi connectivity index (χ1) is 16.0. The lowest BCUT2D eigenvalue weighted by Crippen LogP contribution is -2.31. The van der Waals surface area contributed by atoms with Gasteiger partial charge in [0, 0.05) is 28.3 Å². The van der Waals surface area contributed by atoms with Crippen LogP contribution in [0.25, 0.3) is 21.9 Å². The van der Waals surface area contributed by atoms with Gasteiger partial charge in [-0.25, -0.2) is 15.0 Å². The van der Waals surface area contributed by atoms with Gasteiger partial charge < -0.3 is 20.1 Å². The van der Waals surface area contributed by atoms with Gasteiger partial charge in [0.15, 0.2) is 0 Å². The smallest absolute Gasteiger partial charge is 0.144 e. The fourth-order valence-corrected chi connectivity index (χ4v) is 6.67. The summed E-state index contributed by atoms with van der Waals surface area (Å²) >= 11 is 1.62. The first-order valence-corrected chi connectivity index (χ1v) is 12.4. The molecular weight excluding hydrogens is 434 g/mol. The molecule has 33 heavy (non-hydrogen) atoms. The molecule has 2 aliphatic heterocycles. The van der Waals surface area contributed by atoms with Crippen LogP contribution in [0, 0.1) is 6.92 Å². The largest absolute Gasteiger partial charge is 0.389 e. The lowest BCUT2D eigenvalue weighted by molar-refractivity contribution is 0.0176. The van der Waals surface area contributed by atoms with E-state index in [2.05, 4.69) is 46.5 Å². The van der Waals surface area contributed by atoms with E-state index in [1.807, 2.05) is 23.8 Å². The molecule has 1 fully saturated rings. The van der Waals surface area contributed by atoms with Gasteiger partial charge in [0.25, 0.3) is 0 Å². The predicted molar refractivity (Wildman–Crippen MR) is 132 cm³/mol. The zero-order valence-electron chi connectivity index (χ0n) is 18.6. The molecule has 7 nitrogen and oxygen atoms in total. The number of nitrogens with zero attached hydrogens (tertiary/aromatic N) is 4. The topological polar surface area (TPSA) is 96.1 Å². The summed E-state index contributed by atoms with van der Waals surface area (Å²) in [6.45, 7) is 4.13. The second-order valence-electron chi connectivity index (χ2n) is 9.28. The molecule has 0 aliphatic carbocycles. The van der Waals surface area contributed by atoms with Gasteiger partial charge in [-0.05, 0) is 62.4 Å². The Morgan fingerprint density at radius 3 is 2.91 bits per heavy atom. The van der Waals surface area contributed by atoms with Gasteiger partial charge in [-0.3, -0.25) is 0 Å². The number of fused-ring (bicyclic) bond motifs is 3. The fraction of sp³-hybridized carbons (Fsp3) is 0.400. The summed E-state index contributed by atoms with van der Waals surface area (Å²) in [7, 11) is 0. The Hall–Kier alpha value is -2.68. The molecule has 1 unspecified atom stereocenters. The van der Waals surface area contributed by atoms with Crippen LogP contribution in [0.2, 0.25) is 0 Å². The standard InChI is InChI=1S/C25H27N5O2S/c1-13-9-17-11-16-5-3-15(10-19(16)29-23(17)28-13)4-6-20-21(31)22(32)25(33-20)30-8-7-18-14(2)26-12-27-24(18)30/h3,5,7-8,10-13,20-22,25,31-32H,4,6,9H2,1-2H3,(H,28,29)/t13?,20-,21+,22+,25+/m0/s1. The molecule has 1 saturated heterocycles. The van der Waals surface area contributed by atoms with Crippen molar-refractivity contribution < 1.29 is 10.2 Å². The zero-order chi connectivity index (χ0) is 22.7. The summed E-state index contributed by atoms with van der Waals surface area (Å²) < 4.78 is 1.97. The van der Waals surface area contributed by atoms with Crippen molar-refractivity contribution in [3.63, 3.8) is 0 Å². The molecule has 6 rings (SSSR count). The Morgan fingerprint density at radius 1 is 1.15 bits per heavy atom. The molecule has 5 atom stereocenters. The Morgan fingerprint density at radius 2 is 2.03 bits per heavy atom. The van der Waals surface area contributed by atoms with Crippen molar-refractivity contribution in [2.45, 2.75) is 62.0 Å². The molecule has 4 aromatic rings. The van der Waals surface area contributed by atoms with Crippen LogP contribution < -0.4 is 5.32 Å². The van der Waals surface area contributed by atoms with Gasteiger partial charge >= 0.3 is 0 Å². The normalized spacial score (nSPS) is 26.7. The van der Waals surface area contributed by atoms with E-state index in [-0.39, 0.29) is 10.6 Å². The maximum Gasteiger partial charge on any atom is 0.144 e. The summed E-state index contributed by atoms with van der Waals surface area (Å²) in [4.78, 5) is 13.5. The molecule has 5 heterocycles. The molecule has 0 radical (unpaired) electrons. The highest BCUT2D eigenvalue weighted by atomic mass is 32.2. The van der Waals surface area contributed by atoms with Crippen molar-refractivity contribution in [2.75, 3.05) is 5.32 Å². The fourth-order valence-electron chi connectivity index (χ4n) is 5.12. The van der Waals surface area contributed by atoms with Crippen molar-refractivity contribution in [1.82, 2.24) is 19.5 Å². The molecule has 0 saturated carbocycles. The maximum atomic E-state index is 10.8. The molecule has 3 aromatic heterocycles. The number of aromatic nitrogens is 4. The van der Waals surface area contributed by atoms with Crippen LogP contribution in [0.5, 0.6) is 0 Å². The van der Waals surface area contributed by atoms with Gasteiger partial charge in [0.05, 0.1) is 17.3 Å². The Kier molecular flexibility index (Phi) is 5.05. The number of aliphatic hydroxyl groups excluding tert-OH is 2. The number of aryl methyl sites for hydroxylation is 2. The summed E-state index contributed by atoms with van der Waals surface area (Å²) in [5.74, 6) is 0.998. The van der Waals surface area contributed by atoms with Crippen LogP contribution in [0.15, 0.2) is 42.9 Å². The minimum atomic E-state index is -0.847. The van der Waals surface area contributed by atoms with Crippen LogP contribution in [-0.2, 0) is 12.8 Å². The minimum absolute atomic E-state index is 0.0587. The summed E-state index contributed by atoms with van der Waals surface area (Å²) in [5.41, 5.74) is 5.18. The van der Waals surface area contributed by atoms with Gasteiger partial charge in [0.2, 0.25) is 0 Å². The lowest BCUT2D eigenvalue weighted by atomic mass is 10.0. The lowest BCUT2D eigenvalue weighted by Gasteiger charge is -2.17. The van der Waals surface area contributed by atoms with Crippen molar-refractivity contribution >= 4 is 39.5 Å². The number of thioether (sulfide) groups is 1. The van der Waals surface area contributed by atoms with Gasteiger partial charge in [-0.2, -0.15) is 0 Å². The zero-order valence-corrected chi connectivity index (χ0v) is 19.5. The molecule has 1 aromatic carbocycles. The SMILES string of the molecule is Cc1ncnc2c1ccn2[C@@H]1S[C@@H](CCc2ccc3cc4c(nc3c2)NC(C)C4)[C@@H](O)[C@H]1O. The van der Waals surface area contributed by atoms with E-state index in [0.29, 0.717) is 6.04 Å². The van der Waals surface area contributed by atoms with Crippen LogP contribution in [0.1, 0.15) is 35.5 Å². The summed E-state index contributed by atoms with van der Waals surface area (Å²) in [6.07, 6.45) is 4.46. The van der Waals surface area contributed by atoms with E-state index in [4.69, 9.17) is 4.98 Å². The van der Waals surface area contributed by atoms with Gasteiger partial charge in [0.1, 0.15) is 29.3 Å². The quantitative estimate of drug-likeness (QED) is 0.427. The monoisotopic (exact) mass is 461 g/mol. The third-order valence-electron chi connectivity index (χ3n) is 6.91. The van der Waals surface area contributed by atoms with Crippen LogP contribution >= 0.6 is 11.8 Å². The second-order valence-corrected chi connectivity index (χ2v) is 10.6. The average Bonchev–Trinajstić information content (AvgIpc) is 3.46. The molecular formula is C25H27N5O2S. The predicted octanol–water partition coefficient (Wildman–Crippen LogP) is 3.61. The van der Waals surface area contributed by atoms with Gasteiger partial charge in [-0.15, -0.1) is 11.8 Å². The number of nitrogens with one attached hydrogen (secondary N) is 1. The van der Waals surface area contributed by atoms with E-state index >= 15 is 0 Å². The highest BCUT2D eigenvalue weighted by Gasteiger charge is 2.43. The highest BCUT2D eigenvalue weighted by molar-refractivity contribution is 8.00. The first-order valence-electron chi connectivity index (χ1n) is 11.5. The van der Waals surface area contributed by atoms with Crippen LogP contribution in [0.4, 0.5) is 5.82 Å². The van der Waals surface area contributed by atoms with Crippen molar-refractivity contribution in [2.24, 2.45) is 0 Å². The molecule has 2 aliphatic rings. The summed E-state index contributed by atoms with van der Waals surface area (Å²) in [6, 6.07) is 11.1. The molecule has 0 bridgehead atoms. The first kappa shape index (κ1) is 20.9. The number of benzene rings is 1. The van der Waals surface area contributed by atoms with Crippen molar-refractivity contribution in [1.29, 1.82) is 0 Å². The van der Waals surface area contributed by atoms with E-state index in [0.717, 1.165) is 52.7 Å². The van der Waals surface area contributed by atoms with Gasteiger partial charge in [-0.1, -0.05) is 12.1 Å². The number of hydrogen-bond acceptors (Lipinski definition) is 7. The van der Waals surface area contributed by atoms with Crippen molar-refractivity contribution in [3.05, 3.63) is 59.7 Å². The average molecular weight is 462 g/mol. The summed E-state index contributed by atoms with van der Waals surface area (Å²) in [5, 5.41) is 26.9. The molecule has 0 spiro atoms. The molecule has 8 heteroatoms. The van der Waals surface area contributed by atoms with Crippen LogP contribution in [0.3, 0.4) is 0 Å². The highest BCUT2D eigenvalue weighted by Crippen LogP contribution is 2.45. The maximum absolute atomic E-state index is 10.8. The van der Waals surface area contributed by atoms with Crippen molar-refractivity contribution in [3.8, 4) is 0 Å². The molecule has 3 N–H and O–H groups in total. The van der Waals surface area contributed by atoms with E-state index in [1.54, 1.807) is 18.1 Å². The second kappa shape index (κ2) is 7.97. The Bertz CT molecular complexity index is 1360.